The number of likely N-dealkylation sites (tertiary alicyclic amines) is 1. The van der Waals surface area contributed by atoms with E-state index in [0.717, 1.165) is 12.0 Å². The van der Waals surface area contributed by atoms with Gasteiger partial charge in [0.25, 0.3) is 0 Å². The highest BCUT2D eigenvalue weighted by Crippen LogP contribution is 2.43. The molecule has 0 saturated carbocycles. The number of aromatic nitrogens is 1. The number of hydrogen-bond acceptors (Lipinski definition) is 2. The quantitative estimate of drug-likeness (QED) is 0.851. The second-order valence-electron chi connectivity index (χ2n) is 7.65. The van der Waals surface area contributed by atoms with E-state index >= 15 is 0 Å². The lowest BCUT2D eigenvalue weighted by Crippen LogP contribution is -2.46. The highest BCUT2D eigenvalue weighted by Gasteiger charge is 2.36. The zero-order chi connectivity index (χ0) is 19.4. The first-order valence-corrected chi connectivity index (χ1v) is 10.5. The van der Waals surface area contributed by atoms with Crippen LogP contribution in [0, 0.1) is 0 Å². The molecule has 2 atom stereocenters. The first-order chi connectivity index (χ1) is 13.1. The minimum Gasteiger partial charge on any atom is -0.361 e. The highest BCUT2D eigenvalue weighted by molar-refractivity contribution is 5.88. The molecule has 2 unspecified atom stereocenters. The minimum absolute atomic E-state index is 0.338. The molecule has 5 heteroatoms. The number of urea groups is 1. The maximum absolute atomic E-state index is 10.3. The molecule has 0 spiro atoms. The number of nitrogens with zero attached hydrogens (tertiary/aromatic N) is 2. The van der Waals surface area contributed by atoms with Crippen LogP contribution in [0.2, 0.25) is 0 Å². The van der Waals surface area contributed by atoms with Crippen LogP contribution < -0.4 is 5.73 Å². The molecule has 2 heterocycles. The smallest absolute Gasteiger partial charge is 0.314 e. The number of piperidine rings is 1. The molecule has 2 aliphatic rings. The predicted octanol–water partition coefficient (Wildman–Crippen LogP) is 4.09. The fourth-order valence-corrected chi connectivity index (χ4v) is 4.84. The van der Waals surface area contributed by atoms with E-state index < -0.39 is 0 Å². The van der Waals surface area contributed by atoms with Crippen LogP contribution in [0.15, 0.2) is 24.4 Å². The number of hydrogen-bond donors (Lipinski definition) is 2. The number of benzene rings is 1. The fraction of sp³-hybridized carbons (Fsp3) is 0.591. The normalized spacial score (nSPS) is 21.3. The summed E-state index contributed by atoms with van der Waals surface area (Å²) >= 11 is 0. The standard InChI is InChI=1S/C17H22N2.C5H12N2O/c1-2-8-19-9-4-6-13-14-5-3-7-15-17(14)12(11-18-15)10-16(13)19;1-3-7(4-2)5(6)8/h3,5,7,11,13,16,18H,2,4,6,8-10H2,1H3;3-4H2,1-2H3,(H2,6,8). The van der Waals surface area contributed by atoms with E-state index in [1.807, 2.05) is 13.8 Å². The molecule has 4 rings (SSSR count). The van der Waals surface area contributed by atoms with E-state index in [0.29, 0.717) is 13.1 Å². The Balaban J connectivity index is 0.000000226. The van der Waals surface area contributed by atoms with Gasteiger partial charge < -0.3 is 15.6 Å². The Labute approximate surface area is 162 Å². The van der Waals surface area contributed by atoms with Gasteiger partial charge in [-0.1, -0.05) is 19.1 Å². The van der Waals surface area contributed by atoms with Gasteiger partial charge in [-0.3, -0.25) is 4.90 Å². The highest BCUT2D eigenvalue weighted by atomic mass is 16.2. The first kappa shape index (κ1) is 19.7. The molecule has 148 valence electrons. The topological polar surface area (TPSA) is 65.4 Å². The van der Waals surface area contributed by atoms with Gasteiger partial charge in [0.1, 0.15) is 0 Å². The van der Waals surface area contributed by atoms with E-state index in [1.54, 1.807) is 10.5 Å². The molecule has 1 aliphatic carbocycles. The molecule has 1 aromatic heterocycles. The van der Waals surface area contributed by atoms with Crippen molar-refractivity contribution in [2.75, 3.05) is 26.2 Å². The second-order valence-corrected chi connectivity index (χ2v) is 7.65. The van der Waals surface area contributed by atoms with Crippen molar-refractivity contribution >= 4 is 16.9 Å². The van der Waals surface area contributed by atoms with Gasteiger partial charge in [0.2, 0.25) is 0 Å². The number of nitrogens with two attached hydrogens (primary N) is 1. The van der Waals surface area contributed by atoms with Crippen molar-refractivity contribution < 1.29 is 4.79 Å². The summed E-state index contributed by atoms with van der Waals surface area (Å²) < 4.78 is 0. The van der Waals surface area contributed by atoms with Gasteiger partial charge in [0.05, 0.1) is 0 Å². The lowest BCUT2D eigenvalue weighted by molar-refractivity contribution is 0.124. The molecule has 3 N–H and O–H groups in total. The van der Waals surface area contributed by atoms with Crippen molar-refractivity contribution in [2.45, 2.75) is 58.4 Å². The molecule has 0 radical (unpaired) electrons. The summed E-state index contributed by atoms with van der Waals surface area (Å²) in [5.74, 6) is 0.757. The lowest BCUT2D eigenvalue weighted by atomic mass is 9.75. The Morgan fingerprint density at radius 1 is 1.30 bits per heavy atom. The number of rotatable bonds is 4. The average Bonchev–Trinajstić information content (AvgIpc) is 3.08. The van der Waals surface area contributed by atoms with E-state index in [-0.39, 0.29) is 6.03 Å². The molecular weight excluding hydrogens is 336 g/mol. The number of amides is 2. The van der Waals surface area contributed by atoms with Crippen LogP contribution in [0.3, 0.4) is 0 Å². The van der Waals surface area contributed by atoms with Crippen molar-refractivity contribution in [3.05, 3.63) is 35.5 Å². The molecule has 1 fully saturated rings. The van der Waals surface area contributed by atoms with Gasteiger partial charge in [-0.25, -0.2) is 4.79 Å². The summed E-state index contributed by atoms with van der Waals surface area (Å²) in [6, 6.07) is 7.21. The number of H-pyrrole nitrogens is 1. The molecule has 5 nitrogen and oxygen atoms in total. The lowest BCUT2D eigenvalue weighted by Gasteiger charge is -2.44. The van der Waals surface area contributed by atoms with Gasteiger partial charge in [0, 0.05) is 42.1 Å². The molecule has 27 heavy (non-hydrogen) atoms. The van der Waals surface area contributed by atoms with Gasteiger partial charge >= 0.3 is 6.03 Å². The van der Waals surface area contributed by atoms with E-state index in [4.69, 9.17) is 5.73 Å². The number of fused-ring (bicyclic) bond motifs is 2. The van der Waals surface area contributed by atoms with Gasteiger partial charge in [0.15, 0.2) is 0 Å². The third-order valence-electron chi connectivity index (χ3n) is 6.13. The number of carbonyl (C=O) groups is 1. The first-order valence-electron chi connectivity index (χ1n) is 10.5. The average molecular weight is 371 g/mol. The van der Waals surface area contributed by atoms with Crippen LogP contribution in [0.4, 0.5) is 4.79 Å². The third kappa shape index (κ3) is 3.98. The van der Waals surface area contributed by atoms with Gasteiger partial charge in [-0.15, -0.1) is 0 Å². The summed E-state index contributed by atoms with van der Waals surface area (Å²) in [6.07, 6.45) is 7.48. The Morgan fingerprint density at radius 3 is 2.70 bits per heavy atom. The Bertz CT molecular complexity index is 763. The summed E-state index contributed by atoms with van der Waals surface area (Å²) in [7, 11) is 0. The Kier molecular flexibility index (Phi) is 6.42. The summed E-state index contributed by atoms with van der Waals surface area (Å²) in [6.45, 7) is 10.1. The SMILES string of the molecule is CCCN1CCCC2c3cccc4[nH]cc(c34)CC21.CCN(CC)C(N)=O. The summed E-state index contributed by atoms with van der Waals surface area (Å²) in [5, 5.41) is 1.53. The van der Waals surface area contributed by atoms with E-state index in [9.17, 15) is 4.79 Å². The number of nitrogens with one attached hydrogen (secondary N) is 1. The zero-order valence-electron chi connectivity index (χ0n) is 17.0. The zero-order valence-corrected chi connectivity index (χ0v) is 17.0. The minimum atomic E-state index is -0.338. The molecular formula is C22H34N4O. The van der Waals surface area contributed by atoms with E-state index in [2.05, 4.69) is 41.2 Å². The maximum atomic E-state index is 10.3. The molecule has 1 aliphatic heterocycles. The Morgan fingerprint density at radius 2 is 2.07 bits per heavy atom. The van der Waals surface area contributed by atoms with Crippen molar-refractivity contribution in [2.24, 2.45) is 5.73 Å². The maximum Gasteiger partial charge on any atom is 0.314 e. The second kappa shape index (κ2) is 8.79. The number of carbonyl (C=O) groups excluding carboxylic acids is 1. The molecule has 2 aromatic rings. The molecule has 1 saturated heterocycles. The van der Waals surface area contributed by atoms with Crippen LogP contribution in [0.5, 0.6) is 0 Å². The Hall–Kier alpha value is -2.01. The third-order valence-corrected chi connectivity index (χ3v) is 6.13. The molecule has 1 aromatic carbocycles. The van der Waals surface area contributed by atoms with E-state index in [1.165, 1.54) is 55.2 Å². The molecule has 2 amide bonds. The van der Waals surface area contributed by atoms with Crippen LogP contribution in [0.25, 0.3) is 10.9 Å². The van der Waals surface area contributed by atoms with Gasteiger partial charge in [-0.05, 0) is 69.8 Å². The largest absolute Gasteiger partial charge is 0.361 e. The van der Waals surface area contributed by atoms with Crippen LogP contribution in [0.1, 0.15) is 57.1 Å². The van der Waals surface area contributed by atoms with Crippen molar-refractivity contribution in [1.82, 2.24) is 14.8 Å². The number of primary amides is 1. The van der Waals surface area contributed by atoms with Gasteiger partial charge in [-0.2, -0.15) is 0 Å². The predicted molar refractivity (Wildman–Crippen MR) is 112 cm³/mol. The fourth-order valence-electron chi connectivity index (χ4n) is 4.84. The monoisotopic (exact) mass is 370 g/mol. The number of aromatic amines is 1. The molecule has 0 bridgehead atoms. The van der Waals surface area contributed by atoms with Crippen LogP contribution in [-0.2, 0) is 6.42 Å². The summed E-state index contributed by atoms with van der Waals surface area (Å²) in [4.78, 5) is 18.1. The van der Waals surface area contributed by atoms with Crippen molar-refractivity contribution in [3.63, 3.8) is 0 Å². The van der Waals surface area contributed by atoms with Crippen LogP contribution >= 0.6 is 0 Å². The van der Waals surface area contributed by atoms with Crippen LogP contribution in [-0.4, -0.2) is 53.0 Å². The van der Waals surface area contributed by atoms with Crippen molar-refractivity contribution in [3.8, 4) is 0 Å². The summed E-state index contributed by atoms with van der Waals surface area (Å²) in [5.41, 5.74) is 9.42. The van der Waals surface area contributed by atoms with Crippen molar-refractivity contribution in [1.29, 1.82) is 0 Å².